The van der Waals surface area contributed by atoms with Gasteiger partial charge >= 0.3 is 6.03 Å². The van der Waals surface area contributed by atoms with Gasteiger partial charge in [-0.05, 0) is 25.2 Å². The number of nitrogens with one attached hydrogen (secondary N) is 3. The van der Waals surface area contributed by atoms with E-state index in [2.05, 4.69) is 47.4 Å². The van der Waals surface area contributed by atoms with Crippen LogP contribution < -0.4 is 5.32 Å². The van der Waals surface area contributed by atoms with Crippen molar-refractivity contribution in [3.05, 3.63) is 48.5 Å². The summed E-state index contributed by atoms with van der Waals surface area (Å²) in [6.07, 6.45) is 6.68. The molecule has 2 aliphatic rings. The van der Waals surface area contributed by atoms with Gasteiger partial charge in [-0.15, -0.1) is 0 Å². The Bertz CT molecular complexity index is 1780. The van der Waals surface area contributed by atoms with Gasteiger partial charge in [-0.2, -0.15) is 5.10 Å². The molecule has 0 saturated carbocycles. The Morgan fingerprint density at radius 1 is 0.929 bits per heavy atom. The molecule has 5 aromatic heterocycles. The summed E-state index contributed by atoms with van der Waals surface area (Å²) in [6.45, 7) is 5.15. The van der Waals surface area contributed by atoms with Crippen LogP contribution in [0.4, 0.5) is 10.5 Å². The second-order valence-electron chi connectivity index (χ2n) is 10.4. The number of morpholine rings is 1. The van der Waals surface area contributed by atoms with Crippen molar-refractivity contribution in [2.24, 2.45) is 0 Å². The van der Waals surface area contributed by atoms with Gasteiger partial charge in [0, 0.05) is 69.0 Å². The molecule has 0 radical (unpaired) electrons. The normalized spacial score (nSPS) is 16.3. The highest BCUT2D eigenvalue weighted by atomic mass is 16.5. The van der Waals surface area contributed by atoms with Gasteiger partial charge in [-0.3, -0.25) is 14.9 Å². The molecule has 214 valence electrons. The number of imidazole rings is 1. The first-order valence-corrected chi connectivity index (χ1v) is 13.8. The predicted molar refractivity (Wildman–Crippen MR) is 155 cm³/mol. The van der Waals surface area contributed by atoms with Crippen molar-refractivity contribution in [1.29, 1.82) is 0 Å². The minimum Gasteiger partial charge on any atom is -0.378 e. The van der Waals surface area contributed by atoms with E-state index in [0.29, 0.717) is 79.0 Å². The summed E-state index contributed by atoms with van der Waals surface area (Å²) in [5.74, 6) is 0.364. The quantitative estimate of drug-likeness (QED) is 0.296. The largest absolute Gasteiger partial charge is 0.378 e. The van der Waals surface area contributed by atoms with Crippen LogP contribution in [0.1, 0.15) is 10.4 Å². The molecule has 42 heavy (non-hydrogen) atoms. The number of aromatic amines is 2. The number of anilines is 1. The average Bonchev–Trinajstić information content (AvgIpc) is 3.65. The van der Waals surface area contributed by atoms with E-state index in [1.165, 1.54) is 0 Å². The van der Waals surface area contributed by atoms with Gasteiger partial charge in [-0.1, -0.05) is 0 Å². The number of pyridine rings is 3. The Hall–Kier alpha value is -4.95. The van der Waals surface area contributed by atoms with Gasteiger partial charge in [0.2, 0.25) is 0 Å². The zero-order chi connectivity index (χ0) is 28.6. The van der Waals surface area contributed by atoms with Crippen molar-refractivity contribution >= 4 is 39.8 Å². The zero-order valence-corrected chi connectivity index (χ0v) is 23.0. The number of fused-ring (bicyclic) bond motifs is 2. The second-order valence-corrected chi connectivity index (χ2v) is 10.4. The van der Waals surface area contributed by atoms with Crippen molar-refractivity contribution in [3.8, 4) is 22.6 Å². The number of nitrogens with zero attached hydrogens (tertiary/aromatic N) is 8. The number of aromatic nitrogens is 7. The van der Waals surface area contributed by atoms with Crippen LogP contribution in [0.2, 0.25) is 0 Å². The summed E-state index contributed by atoms with van der Waals surface area (Å²) < 4.78 is 5.39. The number of H-pyrrole nitrogens is 2. The van der Waals surface area contributed by atoms with Crippen LogP contribution in [-0.2, 0) is 4.74 Å². The van der Waals surface area contributed by atoms with E-state index in [0.717, 1.165) is 29.6 Å². The van der Waals surface area contributed by atoms with Crippen LogP contribution in [0.5, 0.6) is 0 Å². The SMILES string of the molecule is CN1CCN(C(=O)Nc2cncc(-c3cnc4[nH]nc(-c5nc6c(C(=O)N7CCOCC7)ccnc6[nH]5)c4c3)c2)CC1. The van der Waals surface area contributed by atoms with E-state index < -0.39 is 0 Å². The monoisotopic (exact) mass is 567 g/mol. The second kappa shape index (κ2) is 10.8. The predicted octanol–water partition coefficient (Wildman–Crippen LogP) is 2.21. The molecule has 0 spiro atoms. The van der Waals surface area contributed by atoms with Gasteiger partial charge in [0.1, 0.15) is 11.2 Å². The lowest BCUT2D eigenvalue weighted by atomic mass is 10.1. The fraction of sp³-hybridized carbons (Fsp3) is 0.321. The number of carbonyl (C=O) groups is 2. The van der Waals surface area contributed by atoms with Crippen LogP contribution in [0, 0.1) is 0 Å². The number of hydrogen-bond acceptors (Lipinski definition) is 9. The molecule has 14 nitrogen and oxygen atoms in total. The lowest BCUT2D eigenvalue weighted by Crippen LogP contribution is -2.48. The summed E-state index contributed by atoms with van der Waals surface area (Å²) in [7, 11) is 2.05. The number of amides is 3. The van der Waals surface area contributed by atoms with Crippen molar-refractivity contribution < 1.29 is 14.3 Å². The third-order valence-electron chi connectivity index (χ3n) is 7.67. The maximum absolute atomic E-state index is 13.2. The summed E-state index contributed by atoms with van der Waals surface area (Å²) in [4.78, 5) is 53.1. The smallest absolute Gasteiger partial charge is 0.321 e. The van der Waals surface area contributed by atoms with E-state index >= 15 is 0 Å². The highest BCUT2D eigenvalue weighted by Gasteiger charge is 2.24. The first-order chi connectivity index (χ1) is 20.5. The summed E-state index contributed by atoms with van der Waals surface area (Å²) in [6, 6.07) is 5.37. The number of rotatable bonds is 4. The molecular formula is C28H29N11O3. The van der Waals surface area contributed by atoms with Crippen LogP contribution in [-0.4, -0.2) is 121 Å². The standard InChI is InChI=1S/C28H29N11O3/c1-37-4-6-39(7-5-37)28(41)32-19-12-17(14-29-16-19)18-13-21-23(35-36-24(21)31-15-18)26-33-22-20(2-3-30-25(22)34-26)27(40)38-8-10-42-11-9-38/h2-3,12-16H,4-11H2,1H3,(H,32,41)(H,30,33,34)(H,31,35,36). The zero-order valence-electron chi connectivity index (χ0n) is 23.0. The summed E-state index contributed by atoms with van der Waals surface area (Å²) in [5.41, 5.74) is 4.78. The van der Waals surface area contributed by atoms with Crippen LogP contribution in [0.3, 0.4) is 0 Å². The van der Waals surface area contributed by atoms with Crippen molar-refractivity contribution in [2.75, 3.05) is 64.8 Å². The molecule has 14 heteroatoms. The Labute approximate surface area is 240 Å². The van der Waals surface area contributed by atoms with E-state index in [-0.39, 0.29) is 11.9 Å². The number of hydrogen-bond donors (Lipinski definition) is 3. The molecule has 0 unspecified atom stereocenters. The highest BCUT2D eigenvalue weighted by molar-refractivity contribution is 6.05. The van der Waals surface area contributed by atoms with Crippen LogP contribution in [0.25, 0.3) is 44.8 Å². The first-order valence-electron chi connectivity index (χ1n) is 13.8. The molecule has 3 N–H and O–H groups in total. The lowest BCUT2D eigenvalue weighted by molar-refractivity contribution is 0.0304. The van der Waals surface area contributed by atoms with E-state index in [9.17, 15) is 9.59 Å². The highest BCUT2D eigenvalue weighted by Crippen LogP contribution is 2.30. The number of piperazine rings is 1. The molecule has 0 aromatic carbocycles. The number of urea groups is 1. The Morgan fingerprint density at radius 2 is 1.74 bits per heavy atom. The minimum atomic E-state index is -0.141. The third-order valence-corrected chi connectivity index (χ3v) is 7.67. The van der Waals surface area contributed by atoms with Gasteiger partial charge in [-0.25, -0.2) is 19.7 Å². The molecule has 0 aliphatic carbocycles. The molecule has 2 aliphatic heterocycles. The van der Waals surface area contributed by atoms with Gasteiger partial charge in [0.15, 0.2) is 17.1 Å². The van der Waals surface area contributed by atoms with E-state index in [4.69, 9.17) is 9.72 Å². The van der Waals surface area contributed by atoms with Gasteiger partial charge in [0.25, 0.3) is 5.91 Å². The summed E-state index contributed by atoms with van der Waals surface area (Å²) in [5, 5.41) is 11.1. The maximum atomic E-state index is 13.2. The molecule has 5 aromatic rings. The Morgan fingerprint density at radius 3 is 2.57 bits per heavy atom. The van der Waals surface area contributed by atoms with Crippen molar-refractivity contribution in [2.45, 2.75) is 0 Å². The first kappa shape index (κ1) is 26.0. The van der Waals surface area contributed by atoms with Crippen molar-refractivity contribution in [3.63, 3.8) is 0 Å². The van der Waals surface area contributed by atoms with Crippen LogP contribution in [0.15, 0.2) is 43.0 Å². The molecule has 7 heterocycles. The van der Waals surface area contributed by atoms with E-state index in [1.807, 2.05) is 12.1 Å². The average molecular weight is 568 g/mol. The molecule has 2 fully saturated rings. The van der Waals surface area contributed by atoms with Crippen molar-refractivity contribution in [1.82, 2.24) is 49.8 Å². The van der Waals surface area contributed by atoms with Gasteiger partial charge in [0.05, 0.1) is 36.0 Å². The molecule has 3 amide bonds. The molecular weight excluding hydrogens is 538 g/mol. The lowest BCUT2D eigenvalue weighted by Gasteiger charge is -2.32. The number of carbonyl (C=O) groups excluding carboxylic acids is 2. The third kappa shape index (κ3) is 4.90. The summed E-state index contributed by atoms with van der Waals surface area (Å²) >= 11 is 0. The fourth-order valence-electron chi connectivity index (χ4n) is 5.25. The molecule has 0 bridgehead atoms. The maximum Gasteiger partial charge on any atom is 0.321 e. The molecule has 2 saturated heterocycles. The number of likely N-dealkylation sites (N-methyl/N-ethyl adjacent to an activating group) is 1. The van der Waals surface area contributed by atoms with Gasteiger partial charge < -0.3 is 29.7 Å². The Kier molecular flexibility index (Phi) is 6.68. The fourth-order valence-corrected chi connectivity index (χ4v) is 5.25. The van der Waals surface area contributed by atoms with Crippen LogP contribution >= 0.6 is 0 Å². The van der Waals surface area contributed by atoms with E-state index in [1.54, 1.807) is 40.7 Å². The topological polar surface area (TPSA) is 161 Å². The Balaban J connectivity index is 1.18. The number of ether oxygens (including phenoxy) is 1. The minimum absolute atomic E-state index is 0.105. The molecule has 7 rings (SSSR count). The molecule has 0 atom stereocenters.